The number of hydrogen-bond acceptors (Lipinski definition) is 10. The van der Waals surface area contributed by atoms with Crippen LogP contribution in [0.2, 0.25) is 0 Å². The normalized spacial score (nSPS) is 18.2. The lowest BCUT2D eigenvalue weighted by atomic mass is 9.78. The van der Waals surface area contributed by atoms with Gasteiger partial charge in [-0.15, -0.1) is 0 Å². The SMILES string of the molecule is C=C(CN)CN1C[C@H](O)N(C)c2cc(OCCC(C)(C)CCC(C)(C)COc3cc4c(cc3OC)C(=O)N3CC(=C)CC3C=N4)c(OC)cc2C1=O.CC. The van der Waals surface area contributed by atoms with Gasteiger partial charge in [-0.2, -0.15) is 0 Å². The minimum Gasteiger partial charge on any atom is -0.493 e. The summed E-state index contributed by atoms with van der Waals surface area (Å²) in [6.45, 7) is 22.8. The molecule has 3 N–H and O–H groups in total. The molecule has 12 nitrogen and oxygen atoms in total. The van der Waals surface area contributed by atoms with Crippen LogP contribution in [0.15, 0.2) is 53.6 Å². The molecule has 0 aromatic heterocycles. The Bertz CT molecular complexity index is 1740. The molecule has 3 aliphatic heterocycles. The highest BCUT2D eigenvalue weighted by molar-refractivity contribution is 6.04. The number of β-amino-alcohol motifs (C(OH)–C–C–N with tert-alkyl or cyclic N) is 1. The largest absolute Gasteiger partial charge is 0.493 e. The summed E-state index contributed by atoms with van der Waals surface area (Å²) in [6, 6.07) is 6.90. The van der Waals surface area contributed by atoms with Gasteiger partial charge in [0, 0.05) is 45.0 Å². The van der Waals surface area contributed by atoms with Crippen molar-refractivity contribution in [3.63, 3.8) is 0 Å². The van der Waals surface area contributed by atoms with E-state index in [0.29, 0.717) is 70.8 Å². The number of rotatable bonds is 15. The number of carbonyl (C=O) groups is 2. The number of aliphatic hydroxyl groups is 1. The predicted octanol–water partition coefficient (Wildman–Crippen LogP) is 6.62. The first kappa shape index (κ1) is 42.2. The Hall–Kier alpha value is -4.55. The molecule has 2 atom stereocenters. The number of amides is 2. The number of fused-ring (bicyclic) bond motifs is 3. The average molecular weight is 748 g/mol. The monoisotopic (exact) mass is 747 g/mol. The second-order valence-electron chi connectivity index (χ2n) is 15.7. The number of carbonyl (C=O) groups excluding carboxylic acids is 2. The van der Waals surface area contributed by atoms with Gasteiger partial charge >= 0.3 is 0 Å². The second kappa shape index (κ2) is 17.7. The van der Waals surface area contributed by atoms with Crippen LogP contribution in [-0.4, -0.2) is 106 Å². The highest BCUT2D eigenvalue weighted by atomic mass is 16.5. The number of aliphatic imine (C=N–C) groups is 1. The number of benzene rings is 2. The molecule has 0 spiro atoms. The molecule has 12 heteroatoms. The summed E-state index contributed by atoms with van der Waals surface area (Å²) in [5.41, 5.74) is 9.28. The first-order valence-corrected chi connectivity index (χ1v) is 18.8. The minimum absolute atomic E-state index is 0.0550. The molecule has 5 rings (SSSR count). The second-order valence-corrected chi connectivity index (χ2v) is 15.7. The van der Waals surface area contributed by atoms with Gasteiger partial charge in [-0.05, 0) is 54.2 Å². The Kier molecular flexibility index (Phi) is 13.8. The molecule has 0 aliphatic carbocycles. The number of nitrogens with two attached hydrogens (primary N) is 1. The van der Waals surface area contributed by atoms with E-state index in [1.54, 1.807) is 60.2 Å². The summed E-state index contributed by atoms with van der Waals surface area (Å²) in [4.78, 5) is 36.5. The van der Waals surface area contributed by atoms with E-state index in [1.165, 1.54) is 0 Å². The van der Waals surface area contributed by atoms with Crippen molar-refractivity contribution in [3.8, 4) is 23.0 Å². The number of likely N-dealkylation sites (N-methyl/N-ethyl adjacent to an activating group) is 1. The van der Waals surface area contributed by atoms with Crippen molar-refractivity contribution >= 4 is 29.4 Å². The molecule has 1 fully saturated rings. The van der Waals surface area contributed by atoms with Gasteiger partial charge in [-0.1, -0.05) is 60.3 Å². The highest BCUT2D eigenvalue weighted by Gasteiger charge is 2.35. The summed E-state index contributed by atoms with van der Waals surface area (Å²) < 4.78 is 23.9. The number of aliphatic hydroxyl groups excluding tert-OH is 1. The number of hydrogen-bond donors (Lipinski definition) is 2. The zero-order valence-electron chi connectivity index (χ0n) is 33.8. The molecule has 3 aliphatic rings. The smallest absolute Gasteiger partial charge is 0.257 e. The van der Waals surface area contributed by atoms with Gasteiger partial charge in [-0.25, -0.2) is 0 Å². The standard InChI is InChI=1S/C40H55N5O7.C2H6/c1-25-14-27-20-42-30-17-34(32(49-8)15-28(30)38(48)45(27)22-25)52-24-40(5,6)11-10-39(3,4)12-13-51-35-18-31-29(16-33(35)50-9)37(47)44(21-26(2)19-41)23-36(46)43(31)7;1-2/h15-18,20,27,36,46H,1-2,10-14,19,21-24,41H2,3-9H3;1-2H3/t27?,36-;/m0./s1. The zero-order chi connectivity index (χ0) is 40.0. The Morgan fingerprint density at radius 1 is 0.926 bits per heavy atom. The van der Waals surface area contributed by atoms with Crippen LogP contribution in [0.3, 0.4) is 0 Å². The summed E-state index contributed by atoms with van der Waals surface area (Å²) in [7, 11) is 4.87. The maximum Gasteiger partial charge on any atom is 0.257 e. The Labute approximate surface area is 321 Å². The van der Waals surface area contributed by atoms with Crippen LogP contribution in [0.25, 0.3) is 0 Å². The van der Waals surface area contributed by atoms with E-state index in [4.69, 9.17) is 24.7 Å². The fourth-order valence-corrected chi connectivity index (χ4v) is 6.68. The molecule has 0 saturated carbocycles. The van der Waals surface area contributed by atoms with Crippen molar-refractivity contribution in [2.75, 3.05) is 65.6 Å². The van der Waals surface area contributed by atoms with Crippen molar-refractivity contribution < 1.29 is 33.6 Å². The third-order valence-electron chi connectivity index (χ3n) is 10.3. The van der Waals surface area contributed by atoms with Gasteiger partial charge in [0.2, 0.25) is 0 Å². The zero-order valence-corrected chi connectivity index (χ0v) is 33.8. The lowest BCUT2D eigenvalue weighted by Crippen LogP contribution is -2.42. The highest BCUT2D eigenvalue weighted by Crippen LogP contribution is 2.41. The van der Waals surface area contributed by atoms with E-state index < -0.39 is 6.23 Å². The van der Waals surface area contributed by atoms with E-state index in [1.807, 2.05) is 20.1 Å². The molecule has 1 saturated heterocycles. The van der Waals surface area contributed by atoms with Crippen LogP contribution in [0, 0.1) is 10.8 Å². The van der Waals surface area contributed by atoms with E-state index in [0.717, 1.165) is 31.3 Å². The summed E-state index contributed by atoms with van der Waals surface area (Å²) in [5, 5.41) is 10.9. The predicted molar refractivity (Wildman–Crippen MR) is 215 cm³/mol. The van der Waals surface area contributed by atoms with Gasteiger partial charge in [0.25, 0.3) is 11.8 Å². The fraction of sp³-hybridized carbons (Fsp3) is 0.548. The van der Waals surface area contributed by atoms with Crippen molar-refractivity contribution in [2.24, 2.45) is 21.6 Å². The quantitative estimate of drug-likeness (QED) is 0.193. The molecule has 2 aromatic rings. The summed E-state index contributed by atoms with van der Waals surface area (Å²) in [5.74, 6) is 1.69. The van der Waals surface area contributed by atoms with Crippen molar-refractivity contribution in [1.29, 1.82) is 0 Å². The number of ether oxygens (including phenoxy) is 4. The van der Waals surface area contributed by atoms with Crippen LogP contribution in [0.5, 0.6) is 23.0 Å². The van der Waals surface area contributed by atoms with Crippen LogP contribution in [0.4, 0.5) is 11.4 Å². The minimum atomic E-state index is -0.919. The topological polar surface area (TPSA) is 139 Å². The van der Waals surface area contributed by atoms with Gasteiger partial charge in [0.15, 0.2) is 23.0 Å². The van der Waals surface area contributed by atoms with Crippen LogP contribution >= 0.6 is 0 Å². The summed E-state index contributed by atoms with van der Waals surface area (Å²) >= 11 is 0. The average Bonchev–Trinajstić information content (AvgIpc) is 3.45. The van der Waals surface area contributed by atoms with E-state index >= 15 is 0 Å². The fourth-order valence-electron chi connectivity index (χ4n) is 6.68. The maximum absolute atomic E-state index is 13.5. The molecule has 0 radical (unpaired) electrons. The first-order valence-electron chi connectivity index (χ1n) is 18.8. The van der Waals surface area contributed by atoms with E-state index in [2.05, 4.69) is 45.8 Å². The summed E-state index contributed by atoms with van der Waals surface area (Å²) in [6.07, 6.45) is 4.22. The van der Waals surface area contributed by atoms with Gasteiger partial charge in [0.05, 0.1) is 62.5 Å². The molecule has 2 aromatic carbocycles. The Morgan fingerprint density at radius 3 is 2.20 bits per heavy atom. The van der Waals surface area contributed by atoms with E-state index in [9.17, 15) is 14.7 Å². The lowest BCUT2D eigenvalue weighted by molar-refractivity contribution is 0.0670. The third-order valence-corrected chi connectivity index (χ3v) is 10.3. The Balaban J connectivity index is 0.00000319. The van der Waals surface area contributed by atoms with Crippen molar-refractivity contribution in [3.05, 3.63) is 59.7 Å². The van der Waals surface area contributed by atoms with Crippen LogP contribution in [0.1, 0.15) is 87.9 Å². The Morgan fingerprint density at radius 2 is 1.56 bits per heavy atom. The van der Waals surface area contributed by atoms with Gasteiger partial charge in [-0.3, -0.25) is 14.6 Å². The third kappa shape index (κ3) is 9.75. The number of anilines is 1. The molecule has 0 bridgehead atoms. The number of nitrogens with zero attached hydrogens (tertiary/aromatic N) is 4. The van der Waals surface area contributed by atoms with Crippen LogP contribution in [-0.2, 0) is 0 Å². The van der Waals surface area contributed by atoms with Crippen molar-refractivity contribution in [2.45, 2.75) is 79.5 Å². The van der Waals surface area contributed by atoms with E-state index in [-0.39, 0.29) is 48.3 Å². The molecule has 3 heterocycles. The maximum atomic E-state index is 13.5. The molecular formula is C42H61N5O7. The molecule has 1 unspecified atom stereocenters. The molecule has 54 heavy (non-hydrogen) atoms. The molecule has 2 amide bonds. The van der Waals surface area contributed by atoms with Crippen molar-refractivity contribution in [1.82, 2.24) is 9.80 Å². The molecule has 296 valence electrons. The van der Waals surface area contributed by atoms with Gasteiger partial charge in [0.1, 0.15) is 6.23 Å². The molecular weight excluding hydrogens is 686 g/mol. The van der Waals surface area contributed by atoms with Crippen LogP contribution < -0.4 is 29.6 Å². The van der Waals surface area contributed by atoms with Gasteiger partial charge < -0.3 is 44.5 Å². The first-order chi connectivity index (χ1) is 25.6. The number of methoxy groups -OCH3 is 2. The lowest BCUT2D eigenvalue weighted by Gasteiger charge is -2.31.